The molecule has 0 N–H and O–H groups in total. The van der Waals surface area contributed by atoms with Gasteiger partial charge in [-0.15, -0.1) is 23.2 Å². The molecule has 8 heavy (non-hydrogen) atoms. The second-order valence-electron chi connectivity index (χ2n) is 1.26. The van der Waals surface area contributed by atoms with Crippen LogP contribution < -0.4 is 0 Å². The average molecular weight is 157 g/mol. The molecule has 0 aliphatic heterocycles. The molecule has 0 amide bonds. The van der Waals surface area contributed by atoms with Crippen molar-refractivity contribution in [3.05, 3.63) is 12.2 Å². The molecule has 2 heteroatoms. The van der Waals surface area contributed by atoms with Crippen LogP contribution >= 0.6 is 23.2 Å². The third kappa shape index (κ3) is 1.40. The molecule has 0 heterocycles. The van der Waals surface area contributed by atoms with Crippen LogP contribution in [0.25, 0.3) is 0 Å². The van der Waals surface area contributed by atoms with E-state index in [0.717, 1.165) is 12.2 Å². The molecule has 2 atom stereocenters. The van der Waals surface area contributed by atoms with Crippen molar-refractivity contribution >= 4 is 23.2 Å². The third-order valence-corrected chi connectivity index (χ3v) is 1.41. The van der Waals surface area contributed by atoms with E-state index < -0.39 is 23.5 Å². The summed E-state index contributed by atoms with van der Waals surface area (Å²) in [6.45, 7) is 0. The highest BCUT2D eigenvalue weighted by atomic mass is 35.5. The molecule has 0 aromatic heterocycles. The predicted octanol–water partition coefficient (Wildman–Crippen LogP) is 2.55. The minimum Gasteiger partial charge on any atom is -0.121 e. The molecule has 1 rings (SSSR count). The van der Waals surface area contributed by atoms with Gasteiger partial charge in [0.2, 0.25) is 0 Å². The zero-order chi connectivity index (χ0) is 11.4. The molecule has 1 aliphatic carbocycles. The minimum absolute atomic E-state index is 0.835. The van der Waals surface area contributed by atoms with Crippen LogP contribution in [0.5, 0.6) is 0 Å². The van der Waals surface area contributed by atoms with Crippen LogP contribution in [0.15, 0.2) is 12.2 Å². The Hall–Kier alpha value is 0.320. The van der Waals surface area contributed by atoms with E-state index in [1.807, 2.05) is 0 Å². The maximum Gasteiger partial charge on any atom is 0.0679 e. The maximum atomic E-state index is 7.47. The second-order valence-corrected chi connectivity index (χ2v) is 2.05. The van der Waals surface area contributed by atoms with Crippen LogP contribution in [0, 0.1) is 0 Å². The molecule has 0 saturated carbocycles. The smallest absolute Gasteiger partial charge is 0.0679 e. The number of hydrogen-bond donors (Lipinski definition) is 0. The van der Waals surface area contributed by atoms with Gasteiger partial charge >= 0.3 is 0 Å². The van der Waals surface area contributed by atoms with Crippen LogP contribution in [0.4, 0.5) is 0 Å². The molecule has 0 aromatic carbocycles. The fourth-order valence-electron chi connectivity index (χ4n) is 0.353. The quantitative estimate of drug-likeness (QED) is 0.374. The van der Waals surface area contributed by atoms with Crippen molar-refractivity contribution in [3.8, 4) is 0 Å². The van der Waals surface area contributed by atoms with Crippen LogP contribution in [-0.4, -0.2) is 10.7 Å². The monoisotopic (exact) mass is 156 g/mol. The summed E-state index contributed by atoms with van der Waals surface area (Å²) in [5.41, 5.74) is 0. The largest absolute Gasteiger partial charge is 0.121 e. The first kappa shape index (κ1) is 2.17. The minimum atomic E-state index is -2.74. The van der Waals surface area contributed by atoms with Crippen molar-refractivity contribution in [2.45, 2.75) is 23.5 Å². The zero-order valence-corrected chi connectivity index (χ0v) is 5.42. The van der Waals surface area contributed by atoms with Crippen molar-refractivity contribution in [3.63, 3.8) is 0 Å². The summed E-state index contributed by atoms with van der Waals surface area (Å²) in [6.07, 6.45) is -3.41. The van der Waals surface area contributed by atoms with E-state index >= 15 is 0 Å². The molecule has 2 unspecified atom stereocenters. The van der Waals surface area contributed by atoms with Gasteiger partial charge < -0.3 is 0 Å². The lowest BCUT2D eigenvalue weighted by Crippen LogP contribution is -2.14. The van der Waals surface area contributed by atoms with Gasteiger partial charge in [-0.2, -0.15) is 0 Å². The van der Waals surface area contributed by atoms with Gasteiger partial charge in [-0.3, -0.25) is 0 Å². The van der Waals surface area contributed by atoms with Gasteiger partial charge in [-0.1, -0.05) is 12.2 Å². The van der Waals surface area contributed by atoms with E-state index in [4.69, 9.17) is 31.4 Å². The number of rotatable bonds is 0. The Labute approximate surface area is 67.9 Å². The molecule has 0 fully saturated rings. The van der Waals surface area contributed by atoms with Gasteiger partial charge in [0.15, 0.2) is 0 Å². The van der Waals surface area contributed by atoms with Crippen molar-refractivity contribution in [2.24, 2.45) is 0 Å². The highest BCUT2D eigenvalue weighted by molar-refractivity contribution is 6.30. The Balaban J connectivity index is 3.36. The van der Waals surface area contributed by atoms with Gasteiger partial charge in [-0.05, 0) is 12.7 Å². The number of halogens is 2. The molecule has 0 spiro atoms. The Morgan fingerprint density at radius 2 is 2.50 bits per heavy atom. The topological polar surface area (TPSA) is 0 Å². The molecule has 0 nitrogen and oxygen atoms in total. The van der Waals surface area contributed by atoms with Crippen LogP contribution in [0.1, 0.15) is 21.0 Å². The normalized spacial score (nSPS) is 79.8. The van der Waals surface area contributed by atoms with Gasteiger partial charge in [0, 0.05) is 6.85 Å². The summed E-state index contributed by atoms with van der Waals surface area (Å²) < 4.78 is 44.3. The molecule has 46 valence electrons. The summed E-state index contributed by atoms with van der Waals surface area (Å²) in [5, 5.41) is -4.75. The lowest BCUT2D eigenvalue weighted by Gasteiger charge is -2.14. The zero-order valence-electron chi connectivity index (χ0n) is 9.91. The highest BCUT2D eigenvalue weighted by Crippen LogP contribution is 2.21. The highest BCUT2D eigenvalue weighted by Gasteiger charge is 2.15. The predicted molar refractivity (Wildman–Crippen MR) is 37.7 cm³/mol. The summed E-state index contributed by atoms with van der Waals surface area (Å²) in [4.78, 5) is 0. The first-order valence-electron chi connectivity index (χ1n) is 5.04. The Bertz CT molecular complexity index is 254. The Morgan fingerprint density at radius 1 is 1.75 bits per heavy atom. The van der Waals surface area contributed by atoms with Crippen molar-refractivity contribution in [1.29, 1.82) is 0 Å². The average Bonchev–Trinajstić information content (AvgIpc) is 1.98. The summed E-state index contributed by atoms with van der Waals surface area (Å²) in [7, 11) is 0. The van der Waals surface area contributed by atoms with Crippen LogP contribution in [0.3, 0.4) is 0 Å². The molecular weight excluding hydrogens is 143 g/mol. The van der Waals surface area contributed by atoms with E-state index in [-0.39, 0.29) is 0 Å². The van der Waals surface area contributed by atoms with Gasteiger partial charge in [0.1, 0.15) is 0 Å². The first-order valence-corrected chi connectivity index (χ1v) is 2.79. The van der Waals surface area contributed by atoms with Crippen molar-refractivity contribution in [2.75, 3.05) is 0 Å². The van der Waals surface area contributed by atoms with Crippen molar-refractivity contribution < 1.29 is 8.22 Å². The summed E-state index contributed by atoms with van der Waals surface area (Å²) in [6, 6.07) is 0. The van der Waals surface area contributed by atoms with E-state index in [1.54, 1.807) is 0 Å². The summed E-state index contributed by atoms with van der Waals surface area (Å²) >= 11 is 11.1. The number of allylic oxidation sites excluding steroid dienone is 2. The molecular formula is C6H8Cl2. The van der Waals surface area contributed by atoms with Crippen molar-refractivity contribution in [1.82, 2.24) is 0 Å². The van der Waals surface area contributed by atoms with Crippen LogP contribution in [0.2, 0.25) is 0 Å². The third-order valence-electron chi connectivity index (χ3n) is 0.705. The maximum absolute atomic E-state index is 7.47. The van der Waals surface area contributed by atoms with Crippen LogP contribution in [-0.2, 0) is 0 Å². The Morgan fingerprint density at radius 3 is 3.12 bits per heavy atom. The first-order chi connectivity index (χ1) is 5.96. The van der Waals surface area contributed by atoms with E-state index in [0.29, 0.717) is 0 Å². The van der Waals surface area contributed by atoms with E-state index in [2.05, 4.69) is 0 Å². The fourth-order valence-corrected chi connectivity index (χ4v) is 0.581. The SMILES string of the molecule is [2H]C1([2H])C=CC([2H])(Cl)C([2H])(Cl)C1([2H])[2H]. The molecule has 0 bridgehead atoms. The second kappa shape index (κ2) is 2.75. The van der Waals surface area contributed by atoms with E-state index in [1.165, 1.54) is 0 Å². The summed E-state index contributed by atoms with van der Waals surface area (Å²) in [5.74, 6) is 0. The number of hydrogen-bond acceptors (Lipinski definition) is 0. The van der Waals surface area contributed by atoms with Gasteiger partial charge in [0.25, 0.3) is 0 Å². The van der Waals surface area contributed by atoms with E-state index in [9.17, 15) is 0 Å². The lowest BCUT2D eigenvalue weighted by molar-refractivity contribution is 0.745. The lowest BCUT2D eigenvalue weighted by atomic mass is 10.1. The van der Waals surface area contributed by atoms with Gasteiger partial charge in [-0.25, -0.2) is 0 Å². The molecule has 0 aromatic rings. The molecule has 0 saturated heterocycles. The molecule has 0 radical (unpaired) electrons. The Kier molecular flexibility index (Phi) is 0.746. The molecule has 1 aliphatic rings. The number of alkyl halides is 2. The fraction of sp³-hybridized carbons (Fsp3) is 0.667. The van der Waals surface area contributed by atoms with Gasteiger partial charge in [0.05, 0.1) is 12.1 Å². The standard InChI is InChI=1S/C6H8Cl2/c7-5-3-1-2-4-6(5)8/h1,3,5-6H,2,4H2/i2D2,4D2,5D,6D.